The van der Waals surface area contributed by atoms with E-state index in [9.17, 15) is 0 Å². The molecule has 0 N–H and O–H groups in total. The van der Waals surface area contributed by atoms with Crippen molar-refractivity contribution >= 4 is 23.3 Å². The van der Waals surface area contributed by atoms with E-state index in [2.05, 4.69) is 86.5 Å². The average molecular weight is 285 g/mol. The molecule has 1 heterocycles. The van der Waals surface area contributed by atoms with E-state index < -0.39 is 0 Å². The molecule has 0 saturated carbocycles. The molecule has 0 amide bonds. The quantitative estimate of drug-likeness (QED) is 0.728. The standard InChI is InChI=1S/C20H20BN/c1-14-12-13-16-15-8-4-6-10-18(15)21(22(2)3)19-11-7-5-9-17(19)20(14)16/h4-13,20H,1-3H3. The van der Waals surface area contributed by atoms with Crippen molar-refractivity contribution in [2.75, 3.05) is 14.1 Å². The second kappa shape index (κ2) is 5.00. The second-order valence-corrected chi connectivity index (χ2v) is 6.55. The SMILES string of the molecule is CC1=CC=C2c3ccccc3B(N(C)C)c3ccccc3C12. The van der Waals surface area contributed by atoms with Gasteiger partial charge < -0.3 is 4.81 Å². The lowest BCUT2D eigenvalue weighted by Gasteiger charge is -2.24. The van der Waals surface area contributed by atoms with Crippen molar-refractivity contribution in [1.82, 2.24) is 4.81 Å². The van der Waals surface area contributed by atoms with Gasteiger partial charge in [-0.1, -0.05) is 71.7 Å². The Kier molecular flexibility index (Phi) is 3.09. The summed E-state index contributed by atoms with van der Waals surface area (Å²) < 4.78 is 0. The summed E-state index contributed by atoms with van der Waals surface area (Å²) in [5.74, 6) is 0.405. The fraction of sp³-hybridized carbons (Fsp3) is 0.200. The van der Waals surface area contributed by atoms with E-state index in [-0.39, 0.29) is 0 Å². The van der Waals surface area contributed by atoms with Crippen LogP contribution in [0.15, 0.2) is 66.3 Å². The molecule has 0 radical (unpaired) electrons. The number of benzene rings is 2. The highest BCUT2D eigenvalue weighted by Gasteiger charge is 2.36. The van der Waals surface area contributed by atoms with Crippen LogP contribution in [0.2, 0.25) is 0 Å². The fourth-order valence-electron chi connectivity index (χ4n) is 4.06. The van der Waals surface area contributed by atoms with Crippen LogP contribution in [0.5, 0.6) is 0 Å². The number of fused-ring (bicyclic) bond motifs is 5. The highest BCUT2D eigenvalue weighted by atomic mass is 15.0. The highest BCUT2D eigenvalue weighted by molar-refractivity contribution is 6.84. The summed E-state index contributed by atoms with van der Waals surface area (Å²) in [7, 11) is 4.35. The van der Waals surface area contributed by atoms with Gasteiger partial charge >= 0.3 is 0 Å². The van der Waals surface area contributed by atoms with Crippen molar-refractivity contribution in [2.24, 2.45) is 0 Å². The van der Waals surface area contributed by atoms with Crippen LogP contribution >= 0.6 is 0 Å². The summed E-state index contributed by atoms with van der Waals surface area (Å²) in [6.45, 7) is 2.57. The molecule has 1 unspecified atom stereocenters. The van der Waals surface area contributed by atoms with E-state index in [0.717, 1.165) is 0 Å². The van der Waals surface area contributed by atoms with Gasteiger partial charge in [0.25, 0.3) is 6.85 Å². The predicted molar refractivity (Wildman–Crippen MR) is 96.1 cm³/mol. The van der Waals surface area contributed by atoms with Gasteiger partial charge in [-0.25, -0.2) is 0 Å². The van der Waals surface area contributed by atoms with Crippen LogP contribution in [0, 0.1) is 0 Å². The van der Waals surface area contributed by atoms with Gasteiger partial charge in [-0.3, -0.25) is 0 Å². The van der Waals surface area contributed by atoms with Crippen LogP contribution in [-0.2, 0) is 0 Å². The molecule has 2 aliphatic rings. The molecule has 0 aromatic heterocycles. The zero-order valence-electron chi connectivity index (χ0n) is 13.4. The van der Waals surface area contributed by atoms with Crippen LogP contribution in [-0.4, -0.2) is 25.8 Å². The van der Waals surface area contributed by atoms with Crippen molar-refractivity contribution < 1.29 is 0 Å². The van der Waals surface area contributed by atoms with Gasteiger partial charge in [0.05, 0.1) is 0 Å². The Morgan fingerprint density at radius 3 is 2.32 bits per heavy atom. The van der Waals surface area contributed by atoms with Gasteiger partial charge in [0.2, 0.25) is 0 Å². The van der Waals surface area contributed by atoms with Crippen molar-refractivity contribution in [2.45, 2.75) is 12.8 Å². The van der Waals surface area contributed by atoms with E-state index in [1.807, 2.05) is 0 Å². The summed E-state index contributed by atoms with van der Waals surface area (Å²) >= 11 is 0. The van der Waals surface area contributed by atoms with Gasteiger partial charge in [0.1, 0.15) is 0 Å². The lowest BCUT2D eigenvalue weighted by molar-refractivity contribution is 0.657. The minimum absolute atomic E-state index is 0.312. The van der Waals surface area contributed by atoms with Crippen molar-refractivity contribution in [3.8, 4) is 0 Å². The van der Waals surface area contributed by atoms with Crippen LogP contribution in [0.4, 0.5) is 0 Å². The van der Waals surface area contributed by atoms with Gasteiger partial charge in [0.15, 0.2) is 0 Å². The molecule has 2 aromatic rings. The number of nitrogens with zero attached hydrogens (tertiary/aromatic N) is 1. The maximum Gasteiger partial charge on any atom is 0.292 e. The molecule has 4 rings (SSSR count). The van der Waals surface area contributed by atoms with Gasteiger partial charge in [-0.2, -0.15) is 0 Å². The molecule has 22 heavy (non-hydrogen) atoms. The predicted octanol–water partition coefficient (Wildman–Crippen LogP) is 2.79. The maximum absolute atomic E-state index is 2.33. The van der Waals surface area contributed by atoms with Crippen molar-refractivity contribution in [3.05, 3.63) is 77.4 Å². The number of hydrogen-bond acceptors (Lipinski definition) is 1. The minimum atomic E-state index is 0.312. The zero-order chi connectivity index (χ0) is 15.3. The first-order chi connectivity index (χ1) is 10.7. The third-order valence-corrected chi connectivity index (χ3v) is 4.98. The molecule has 1 aliphatic carbocycles. The molecule has 108 valence electrons. The molecular weight excluding hydrogens is 265 g/mol. The monoisotopic (exact) mass is 285 g/mol. The summed E-state index contributed by atoms with van der Waals surface area (Å²) in [5, 5.41) is 0. The molecule has 0 fully saturated rings. The number of allylic oxidation sites excluding steroid dienone is 4. The van der Waals surface area contributed by atoms with Crippen molar-refractivity contribution in [3.63, 3.8) is 0 Å². The summed E-state index contributed by atoms with van der Waals surface area (Å²) in [5.41, 5.74) is 8.59. The first kappa shape index (κ1) is 13.6. The van der Waals surface area contributed by atoms with E-state index in [1.54, 1.807) is 0 Å². The van der Waals surface area contributed by atoms with Crippen LogP contribution < -0.4 is 10.9 Å². The lowest BCUT2D eigenvalue weighted by atomic mass is 9.48. The highest BCUT2D eigenvalue weighted by Crippen LogP contribution is 2.42. The Hall–Kier alpha value is -2.06. The Labute approximate surface area is 133 Å². The van der Waals surface area contributed by atoms with Gasteiger partial charge in [-0.05, 0) is 43.2 Å². The van der Waals surface area contributed by atoms with Gasteiger partial charge in [-0.15, -0.1) is 0 Å². The van der Waals surface area contributed by atoms with Crippen molar-refractivity contribution in [1.29, 1.82) is 0 Å². The fourth-order valence-corrected chi connectivity index (χ4v) is 4.06. The Morgan fingerprint density at radius 2 is 1.55 bits per heavy atom. The molecule has 2 aromatic carbocycles. The smallest absolute Gasteiger partial charge is 0.292 e. The van der Waals surface area contributed by atoms with E-state index in [4.69, 9.17) is 0 Å². The first-order valence-corrected chi connectivity index (χ1v) is 7.91. The summed E-state index contributed by atoms with van der Waals surface area (Å²) in [6, 6.07) is 17.8. The van der Waals surface area contributed by atoms with E-state index >= 15 is 0 Å². The first-order valence-electron chi connectivity index (χ1n) is 7.91. The molecular formula is C20H20BN. The summed E-state index contributed by atoms with van der Waals surface area (Å²) in [6.07, 6.45) is 4.59. The Morgan fingerprint density at radius 1 is 0.864 bits per heavy atom. The summed E-state index contributed by atoms with van der Waals surface area (Å²) in [4.78, 5) is 2.33. The molecule has 2 heteroatoms. The average Bonchev–Trinajstić information content (AvgIpc) is 2.84. The largest absolute Gasteiger partial charge is 0.340 e. The molecule has 0 bridgehead atoms. The second-order valence-electron chi connectivity index (χ2n) is 6.55. The topological polar surface area (TPSA) is 3.24 Å². The maximum atomic E-state index is 2.33. The molecule has 1 nitrogen and oxygen atoms in total. The normalized spacial score (nSPS) is 19.1. The number of rotatable bonds is 1. The Bertz CT molecular complexity index is 801. The van der Waals surface area contributed by atoms with Gasteiger partial charge in [0, 0.05) is 5.92 Å². The molecule has 0 spiro atoms. The molecule has 1 atom stereocenters. The van der Waals surface area contributed by atoms with E-state index in [0.29, 0.717) is 12.8 Å². The molecule has 0 saturated heterocycles. The third-order valence-electron chi connectivity index (χ3n) is 4.98. The molecule has 1 aliphatic heterocycles. The number of hydrogen-bond donors (Lipinski definition) is 0. The third kappa shape index (κ3) is 1.84. The van der Waals surface area contributed by atoms with Crippen LogP contribution in [0.3, 0.4) is 0 Å². The lowest BCUT2D eigenvalue weighted by Crippen LogP contribution is -2.54. The van der Waals surface area contributed by atoms with Crippen LogP contribution in [0.25, 0.3) is 5.57 Å². The van der Waals surface area contributed by atoms with Crippen LogP contribution in [0.1, 0.15) is 24.0 Å². The minimum Gasteiger partial charge on any atom is -0.340 e. The zero-order valence-corrected chi connectivity index (χ0v) is 13.4. The van der Waals surface area contributed by atoms with E-state index in [1.165, 1.54) is 33.2 Å². The Balaban J connectivity index is 2.07.